The second kappa shape index (κ2) is 6.17. The fraction of sp³-hybridized carbons (Fsp3) is 0.500. The van der Waals surface area contributed by atoms with E-state index in [9.17, 15) is 8.42 Å². The third-order valence-corrected chi connectivity index (χ3v) is 3.78. The summed E-state index contributed by atoms with van der Waals surface area (Å²) < 4.78 is 27.9. The van der Waals surface area contributed by atoms with Gasteiger partial charge in [0.25, 0.3) is 0 Å². The molecule has 0 saturated heterocycles. The normalized spacial score (nSPS) is 13.3. The van der Waals surface area contributed by atoms with Crippen molar-refractivity contribution in [3.63, 3.8) is 0 Å². The van der Waals surface area contributed by atoms with E-state index in [0.717, 1.165) is 12.1 Å². The molecule has 1 aromatic rings. The van der Waals surface area contributed by atoms with Gasteiger partial charge in [0.15, 0.2) is 0 Å². The van der Waals surface area contributed by atoms with Gasteiger partial charge in [-0.05, 0) is 31.0 Å². The molecular formula is C12H20N2O3S. The SMILES string of the molecule is CCC(COC)Nc1ccc(C)c(S(N)(=O)=O)c1. The van der Waals surface area contributed by atoms with Gasteiger partial charge in [-0.2, -0.15) is 0 Å². The minimum absolute atomic E-state index is 0.144. The summed E-state index contributed by atoms with van der Waals surface area (Å²) >= 11 is 0. The maximum atomic E-state index is 11.4. The smallest absolute Gasteiger partial charge is 0.238 e. The fourth-order valence-corrected chi connectivity index (χ4v) is 2.50. The molecule has 0 heterocycles. The van der Waals surface area contributed by atoms with Crippen molar-refractivity contribution in [2.75, 3.05) is 19.0 Å². The number of anilines is 1. The lowest BCUT2D eigenvalue weighted by atomic mass is 10.2. The molecule has 0 aliphatic rings. The van der Waals surface area contributed by atoms with E-state index in [4.69, 9.17) is 9.88 Å². The zero-order valence-corrected chi connectivity index (χ0v) is 11.8. The standard InChI is InChI=1S/C12H20N2O3S/c1-4-10(8-17-3)14-11-6-5-9(2)12(7-11)18(13,15)16/h5-7,10,14H,4,8H2,1-3H3,(H2,13,15,16). The predicted octanol–water partition coefficient (Wildman–Crippen LogP) is 1.48. The summed E-state index contributed by atoms with van der Waals surface area (Å²) in [6, 6.07) is 5.28. The van der Waals surface area contributed by atoms with Crippen molar-refractivity contribution in [3.8, 4) is 0 Å². The van der Waals surface area contributed by atoms with Gasteiger partial charge < -0.3 is 10.1 Å². The Balaban J connectivity index is 2.98. The van der Waals surface area contributed by atoms with E-state index in [1.54, 1.807) is 26.2 Å². The van der Waals surface area contributed by atoms with Crippen molar-refractivity contribution >= 4 is 15.7 Å². The topological polar surface area (TPSA) is 81.4 Å². The number of nitrogens with two attached hydrogens (primary N) is 1. The highest BCUT2D eigenvalue weighted by atomic mass is 32.2. The molecule has 0 amide bonds. The summed E-state index contributed by atoms with van der Waals surface area (Å²) in [7, 11) is -2.05. The van der Waals surface area contributed by atoms with Crippen LogP contribution in [0.25, 0.3) is 0 Å². The van der Waals surface area contributed by atoms with Gasteiger partial charge in [0.2, 0.25) is 10.0 Å². The lowest BCUT2D eigenvalue weighted by Gasteiger charge is -2.18. The molecule has 0 fully saturated rings. The number of benzene rings is 1. The Morgan fingerprint density at radius 1 is 1.44 bits per heavy atom. The quantitative estimate of drug-likeness (QED) is 0.822. The van der Waals surface area contributed by atoms with Crippen LogP contribution in [-0.2, 0) is 14.8 Å². The third kappa shape index (κ3) is 3.97. The van der Waals surface area contributed by atoms with Crippen molar-refractivity contribution in [3.05, 3.63) is 23.8 Å². The zero-order valence-electron chi connectivity index (χ0n) is 10.9. The number of rotatable bonds is 6. The summed E-state index contributed by atoms with van der Waals surface area (Å²) in [5, 5.41) is 8.39. The second-order valence-electron chi connectivity index (χ2n) is 4.23. The summed E-state index contributed by atoms with van der Waals surface area (Å²) in [6.07, 6.45) is 0.881. The fourth-order valence-electron chi connectivity index (χ4n) is 1.69. The first-order valence-electron chi connectivity index (χ1n) is 5.77. The first kappa shape index (κ1) is 14.9. The van der Waals surface area contributed by atoms with E-state index in [2.05, 4.69) is 5.32 Å². The van der Waals surface area contributed by atoms with E-state index in [1.165, 1.54) is 0 Å². The summed E-state index contributed by atoms with van der Waals surface area (Å²) in [6.45, 7) is 4.32. The zero-order chi connectivity index (χ0) is 13.8. The van der Waals surface area contributed by atoms with Crippen LogP contribution >= 0.6 is 0 Å². The number of ether oxygens (including phenoxy) is 1. The van der Waals surface area contributed by atoms with E-state index in [1.807, 2.05) is 13.0 Å². The van der Waals surface area contributed by atoms with Gasteiger partial charge in [-0.25, -0.2) is 13.6 Å². The molecule has 0 aliphatic heterocycles. The number of hydrogen-bond donors (Lipinski definition) is 2. The Hall–Kier alpha value is -1.11. The van der Waals surface area contributed by atoms with Gasteiger partial charge in [0.1, 0.15) is 0 Å². The third-order valence-electron chi connectivity index (χ3n) is 2.73. The number of methoxy groups -OCH3 is 1. The first-order valence-corrected chi connectivity index (χ1v) is 7.32. The molecule has 1 unspecified atom stereocenters. The van der Waals surface area contributed by atoms with Gasteiger partial charge in [0, 0.05) is 18.8 Å². The Kier molecular flexibility index (Phi) is 5.13. The van der Waals surface area contributed by atoms with Crippen molar-refractivity contribution in [1.82, 2.24) is 0 Å². The largest absolute Gasteiger partial charge is 0.383 e. The molecule has 0 bridgehead atoms. The number of hydrogen-bond acceptors (Lipinski definition) is 4. The Bertz CT molecular complexity index is 500. The van der Waals surface area contributed by atoms with Crippen LogP contribution in [0.5, 0.6) is 0 Å². The van der Waals surface area contributed by atoms with Gasteiger partial charge in [-0.15, -0.1) is 0 Å². The number of aryl methyl sites for hydroxylation is 1. The van der Waals surface area contributed by atoms with Crippen LogP contribution in [0.1, 0.15) is 18.9 Å². The Labute approximate surface area is 108 Å². The first-order chi connectivity index (χ1) is 8.38. The monoisotopic (exact) mass is 272 g/mol. The molecule has 1 rings (SSSR count). The molecule has 3 N–H and O–H groups in total. The maximum absolute atomic E-state index is 11.4. The van der Waals surface area contributed by atoms with Crippen LogP contribution in [0.3, 0.4) is 0 Å². The van der Waals surface area contributed by atoms with Crippen LogP contribution in [-0.4, -0.2) is 28.2 Å². The van der Waals surface area contributed by atoms with Crippen molar-refractivity contribution < 1.29 is 13.2 Å². The summed E-state index contributed by atoms with van der Waals surface area (Å²) in [5.41, 5.74) is 1.37. The number of primary sulfonamides is 1. The van der Waals surface area contributed by atoms with E-state index < -0.39 is 10.0 Å². The highest BCUT2D eigenvalue weighted by Gasteiger charge is 2.13. The van der Waals surface area contributed by atoms with E-state index in [-0.39, 0.29) is 10.9 Å². The van der Waals surface area contributed by atoms with Crippen LogP contribution in [0.4, 0.5) is 5.69 Å². The molecule has 6 heteroatoms. The number of nitrogens with one attached hydrogen (secondary N) is 1. The van der Waals surface area contributed by atoms with Crippen LogP contribution in [0.2, 0.25) is 0 Å². The Morgan fingerprint density at radius 2 is 2.11 bits per heavy atom. The lowest BCUT2D eigenvalue weighted by molar-refractivity contribution is 0.184. The molecule has 0 radical (unpaired) electrons. The van der Waals surface area contributed by atoms with Gasteiger partial charge in [-0.1, -0.05) is 13.0 Å². The molecule has 0 aliphatic carbocycles. The summed E-state index contributed by atoms with van der Waals surface area (Å²) in [5.74, 6) is 0. The minimum atomic E-state index is -3.68. The number of sulfonamides is 1. The average molecular weight is 272 g/mol. The van der Waals surface area contributed by atoms with Crippen molar-refractivity contribution in [2.24, 2.45) is 5.14 Å². The molecule has 5 nitrogen and oxygen atoms in total. The molecular weight excluding hydrogens is 252 g/mol. The molecule has 102 valence electrons. The van der Waals surface area contributed by atoms with Gasteiger partial charge >= 0.3 is 0 Å². The van der Waals surface area contributed by atoms with E-state index in [0.29, 0.717) is 12.2 Å². The van der Waals surface area contributed by atoms with Crippen LogP contribution in [0.15, 0.2) is 23.1 Å². The maximum Gasteiger partial charge on any atom is 0.238 e. The minimum Gasteiger partial charge on any atom is -0.383 e. The molecule has 18 heavy (non-hydrogen) atoms. The van der Waals surface area contributed by atoms with Crippen LogP contribution < -0.4 is 10.5 Å². The molecule has 0 aromatic heterocycles. The Morgan fingerprint density at radius 3 is 2.61 bits per heavy atom. The summed E-state index contributed by atoms with van der Waals surface area (Å²) in [4.78, 5) is 0.153. The molecule has 1 atom stereocenters. The van der Waals surface area contributed by atoms with Gasteiger partial charge in [0.05, 0.1) is 11.5 Å². The highest BCUT2D eigenvalue weighted by molar-refractivity contribution is 7.89. The van der Waals surface area contributed by atoms with Gasteiger partial charge in [-0.3, -0.25) is 0 Å². The second-order valence-corrected chi connectivity index (χ2v) is 5.76. The molecule has 1 aromatic carbocycles. The molecule has 0 saturated carbocycles. The van der Waals surface area contributed by atoms with Crippen molar-refractivity contribution in [2.45, 2.75) is 31.2 Å². The highest BCUT2D eigenvalue weighted by Crippen LogP contribution is 2.20. The van der Waals surface area contributed by atoms with E-state index >= 15 is 0 Å². The van der Waals surface area contributed by atoms with Crippen molar-refractivity contribution in [1.29, 1.82) is 0 Å². The van der Waals surface area contributed by atoms with Crippen LogP contribution in [0, 0.1) is 6.92 Å². The predicted molar refractivity (Wildman–Crippen MR) is 72.1 cm³/mol. The molecule has 0 spiro atoms. The lowest BCUT2D eigenvalue weighted by Crippen LogP contribution is -2.24. The average Bonchev–Trinajstić information content (AvgIpc) is 2.29.